The Balaban J connectivity index is 2.13. The van der Waals surface area contributed by atoms with Crippen LogP contribution in [0.2, 0.25) is 0 Å². The first-order valence-corrected chi connectivity index (χ1v) is 6.39. The summed E-state index contributed by atoms with van der Waals surface area (Å²) >= 11 is 0. The molecule has 2 heterocycles. The first-order chi connectivity index (χ1) is 7.22. The molecular formula is C12H24N2O. The number of fused-ring (bicyclic) bond motifs is 1. The highest BCUT2D eigenvalue weighted by atomic mass is 16.3. The Kier molecular flexibility index (Phi) is 3.33. The van der Waals surface area contributed by atoms with Crippen molar-refractivity contribution in [2.75, 3.05) is 19.6 Å². The van der Waals surface area contributed by atoms with E-state index in [-0.39, 0.29) is 5.92 Å². The van der Waals surface area contributed by atoms with E-state index in [2.05, 4.69) is 11.8 Å². The largest absolute Gasteiger partial charge is 0.388 e. The van der Waals surface area contributed by atoms with Gasteiger partial charge in [-0.1, -0.05) is 13.3 Å². The van der Waals surface area contributed by atoms with Crippen LogP contribution in [0.25, 0.3) is 0 Å². The molecule has 3 nitrogen and oxygen atoms in total. The zero-order valence-corrected chi connectivity index (χ0v) is 9.78. The van der Waals surface area contributed by atoms with Crippen LogP contribution in [0.5, 0.6) is 0 Å². The van der Waals surface area contributed by atoms with Gasteiger partial charge in [-0.15, -0.1) is 0 Å². The second kappa shape index (κ2) is 4.40. The molecule has 88 valence electrons. The number of hydrogen-bond donors (Lipinski definition) is 2. The fourth-order valence-corrected chi connectivity index (χ4v) is 3.51. The predicted octanol–water partition coefficient (Wildman–Crippen LogP) is 0.961. The third-order valence-electron chi connectivity index (χ3n) is 4.47. The van der Waals surface area contributed by atoms with Gasteiger partial charge >= 0.3 is 0 Å². The molecule has 0 aromatic carbocycles. The molecule has 2 aliphatic rings. The lowest BCUT2D eigenvalue weighted by Crippen LogP contribution is -2.53. The Hall–Kier alpha value is -0.120. The van der Waals surface area contributed by atoms with Crippen molar-refractivity contribution in [2.24, 2.45) is 11.7 Å². The standard InChI is InChI=1S/C12H24N2O/c1-2-10(9-13)12(15)6-8-14-7-4-3-5-11(12)14/h10-11,15H,2-9,13H2,1H3. The third kappa shape index (κ3) is 1.81. The fraction of sp³-hybridized carbons (Fsp3) is 1.00. The van der Waals surface area contributed by atoms with E-state index < -0.39 is 5.60 Å². The quantitative estimate of drug-likeness (QED) is 0.732. The zero-order chi connectivity index (χ0) is 10.9. The lowest BCUT2D eigenvalue weighted by atomic mass is 9.77. The summed E-state index contributed by atoms with van der Waals surface area (Å²) in [5, 5.41) is 10.8. The van der Waals surface area contributed by atoms with Crippen molar-refractivity contribution in [1.29, 1.82) is 0 Å². The lowest BCUT2D eigenvalue weighted by Gasteiger charge is -2.41. The van der Waals surface area contributed by atoms with E-state index >= 15 is 0 Å². The molecule has 3 atom stereocenters. The van der Waals surface area contributed by atoms with Crippen molar-refractivity contribution >= 4 is 0 Å². The van der Waals surface area contributed by atoms with Crippen LogP contribution >= 0.6 is 0 Å². The predicted molar refractivity (Wildman–Crippen MR) is 61.6 cm³/mol. The summed E-state index contributed by atoms with van der Waals surface area (Å²) in [6, 6.07) is 0.389. The van der Waals surface area contributed by atoms with E-state index in [9.17, 15) is 5.11 Å². The van der Waals surface area contributed by atoms with Crippen LogP contribution < -0.4 is 5.73 Å². The van der Waals surface area contributed by atoms with Gasteiger partial charge in [-0.3, -0.25) is 4.90 Å². The molecule has 2 fully saturated rings. The second-order valence-electron chi connectivity index (χ2n) is 5.13. The zero-order valence-electron chi connectivity index (χ0n) is 9.78. The van der Waals surface area contributed by atoms with E-state index in [1.54, 1.807) is 0 Å². The van der Waals surface area contributed by atoms with Crippen molar-refractivity contribution in [3.8, 4) is 0 Å². The van der Waals surface area contributed by atoms with Gasteiger partial charge in [0.1, 0.15) is 0 Å². The highest BCUT2D eigenvalue weighted by molar-refractivity contribution is 5.04. The normalized spacial score (nSPS) is 39.0. The molecule has 3 unspecified atom stereocenters. The average molecular weight is 212 g/mol. The molecule has 0 bridgehead atoms. The summed E-state index contributed by atoms with van der Waals surface area (Å²) in [7, 11) is 0. The molecule has 2 saturated heterocycles. The maximum absolute atomic E-state index is 10.8. The molecule has 0 aliphatic carbocycles. The molecule has 15 heavy (non-hydrogen) atoms. The minimum atomic E-state index is -0.496. The molecule has 0 spiro atoms. The van der Waals surface area contributed by atoms with E-state index in [0.717, 1.165) is 25.8 Å². The number of rotatable bonds is 3. The minimum Gasteiger partial charge on any atom is -0.388 e. The summed E-state index contributed by atoms with van der Waals surface area (Å²) in [5.74, 6) is 0.283. The van der Waals surface area contributed by atoms with E-state index in [1.807, 2.05) is 0 Å². The highest BCUT2D eigenvalue weighted by Gasteiger charge is 2.50. The topological polar surface area (TPSA) is 49.5 Å². The Bertz CT molecular complexity index is 218. The van der Waals surface area contributed by atoms with Gasteiger partial charge < -0.3 is 10.8 Å². The Morgan fingerprint density at radius 1 is 1.47 bits per heavy atom. The van der Waals surface area contributed by atoms with Crippen LogP contribution in [0.3, 0.4) is 0 Å². The van der Waals surface area contributed by atoms with Crippen LogP contribution in [0.15, 0.2) is 0 Å². The number of hydrogen-bond acceptors (Lipinski definition) is 3. The monoisotopic (exact) mass is 212 g/mol. The van der Waals surface area contributed by atoms with Crippen LogP contribution in [-0.2, 0) is 0 Å². The molecule has 0 radical (unpaired) electrons. The van der Waals surface area contributed by atoms with Gasteiger partial charge in [-0.25, -0.2) is 0 Å². The SMILES string of the molecule is CCC(CN)C1(O)CCN2CCCCC21. The summed E-state index contributed by atoms with van der Waals surface area (Å²) < 4.78 is 0. The molecule has 0 aromatic heterocycles. The molecule has 0 aromatic rings. The molecule has 2 rings (SSSR count). The first kappa shape index (κ1) is 11.4. The van der Waals surface area contributed by atoms with Gasteiger partial charge in [0.25, 0.3) is 0 Å². The van der Waals surface area contributed by atoms with Gasteiger partial charge in [0, 0.05) is 18.5 Å². The van der Waals surface area contributed by atoms with E-state index in [4.69, 9.17) is 5.73 Å². The summed E-state index contributed by atoms with van der Waals surface area (Å²) in [6.45, 7) is 5.00. The second-order valence-corrected chi connectivity index (χ2v) is 5.13. The number of aliphatic hydroxyl groups is 1. The Morgan fingerprint density at radius 2 is 2.27 bits per heavy atom. The van der Waals surface area contributed by atoms with E-state index in [0.29, 0.717) is 12.6 Å². The minimum absolute atomic E-state index is 0.283. The maximum Gasteiger partial charge on any atom is 0.0854 e. The van der Waals surface area contributed by atoms with Crippen molar-refractivity contribution in [3.63, 3.8) is 0 Å². The van der Waals surface area contributed by atoms with Crippen LogP contribution in [0.1, 0.15) is 39.0 Å². The molecular weight excluding hydrogens is 188 g/mol. The highest BCUT2D eigenvalue weighted by Crippen LogP contribution is 2.40. The van der Waals surface area contributed by atoms with Crippen LogP contribution in [0, 0.1) is 5.92 Å². The van der Waals surface area contributed by atoms with Gasteiger partial charge in [-0.2, -0.15) is 0 Å². The van der Waals surface area contributed by atoms with Crippen molar-refractivity contribution in [2.45, 2.75) is 50.7 Å². The smallest absolute Gasteiger partial charge is 0.0854 e. The molecule has 0 saturated carbocycles. The fourth-order valence-electron chi connectivity index (χ4n) is 3.51. The van der Waals surface area contributed by atoms with Gasteiger partial charge in [0.05, 0.1) is 5.60 Å². The Morgan fingerprint density at radius 3 is 2.93 bits per heavy atom. The maximum atomic E-state index is 10.8. The van der Waals surface area contributed by atoms with Gasteiger partial charge in [-0.05, 0) is 38.8 Å². The van der Waals surface area contributed by atoms with Gasteiger partial charge in [0.2, 0.25) is 0 Å². The summed E-state index contributed by atoms with van der Waals surface area (Å²) in [4.78, 5) is 2.47. The number of piperidine rings is 1. The number of nitrogens with two attached hydrogens (primary N) is 1. The lowest BCUT2D eigenvalue weighted by molar-refractivity contribution is -0.0548. The first-order valence-electron chi connectivity index (χ1n) is 6.39. The van der Waals surface area contributed by atoms with Crippen molar-refractivity contribution in [3.05, 3.63) is 0 Å². The van der Waals surface area contributed by atoms with Crippen LogP contribution in [0.4, 0.5) is 0 Å². The molecule has 0 amide bonds. The average Bonchev–Trinajstić information content (AvgIpc) is 2.60. The third-order valence-corrected chi connectivity index (χ3v) is 4.47. The Labute approximate surface area is 92.6 Å². The molecule has 3 N–H and O–H groups in total. The number of nitrogens with zero attached hydrogens (tertiary/aromatic N) is 1. The molecule has 2 aliphatic heterocycles. The van der Waals surface area contributed by atoms with Crippen molar-refractivity contribution < 1.29 is 5.11 Å². The van der Waals surface area contributed by atoms with Gasteiger partial charge in [0.15, 0.2) is 0 Å². The van der Waals surface area contributed by atoms with Crippen molar-refractivity contribution in [1.82, 2.24) is 4.90 Å². The van der Waals surface area contributed by atoms with E-state index in [1.165, 1.54) is 19.4 Å². The molecule has 3 heteroatoms. The summed E-state index contributed by atoms with van der Waals surface area (Å²) in [5.41, 5.74) is 5.30. The van der Waals surface area contributed by atoms with Crippen LogP contribution in [-0.4, -0.2) is 41.3 Å². The summed E-state index contributed by atoms with van der Waals surface area (Å²) in [6.07, 6.45) is 5.65.